The van der Waals surface area contributed by atoms with Crippen LogP contribution < -0.4 is 5.32 Å². The second kappa shape index (κ2) is 5.41. The molecule has 0 fully saturated rings. The first-order chi connectivity index (χ1) is 9.74. The Morgan fingerprint density at radius 3 is 2.95 bits per heavy atom. The van der Waals surface area contributed by atoms with E-state index in [1.165, 1.54) is 28.7 Å². The van der Waals surface area contributed by atoms with E-state index in [2.05, 4.69) is 60.4 Å². The average Bonchev–Trinajstić information content (AvgIpc) is 3.02. The molecular formula is C17H23N3. The number of nitrogens with one attached hydrogen (secondary N) is 1. The first kappa shape index (κ1) is 13.4. The van der Waals surface area contributed by atoms with Crippen LogP contribution in [0.3, 0.4) is 0 Å². The van der Waals surface area contributed by atoms with E-state index in [-0.39, 0.29) is 0 Å². The summed E-state index contributed by atoms with van der Waals surface area (Å²) in [6.07, 6.45) is 5.69. The first-order valence-corrected chi connectivity index (χ1v) is 7.58. The standard InChI is InChI=1S/C17H23N3/c1-4-10-20-11-16(12(2)19-20)13-6-5-7-15-14(13)8-9-17(15)18-3/h5-7,11,17-18H,4,8-10H2,1-3H3. The van der Waals surface area contributed by atoms with Crippen LogP contribution in [-0.4, -0.2) is 16.8 Å². The molecule has 3 nitrogen and oxygen atoms in total. The van der Waals surface area contributed by atoms with Gasteiger partial charge in [-0.25, -0.2) is 0 Å². The van der Waals surface area contributed by atoms with Gasteiger partial charge in [0.1, 0.15) is 0 Å². The number of nitrogens with zero attached hydrogens (tertiary/aromatic N) is 2. The average molecular weight is 269 g/mol. The summed E-state index contributed by atoms with van der Waals surface area (Å²) in [7, 11) is 2.05. The lowest BCUT2D eigenvalue weighted by Gasteiger charge is -2.11. The zero-order valence-electron chi connectivity index (χ0n) is 12.6. The summed E-state index contributed by atoms with van der Waals surface area (Å²) < 4.78 is 2.08. The van der Waals surface area contributed by atoms with Gasteiger partial charge in [-0.15, -0.1) is 0 Å². The van der Waals surface area contributed by atoms with Crippen molar-refractivity contribution in [3.8, 4) is 11.1 Å². The van der Waals surface area contributed by atoms with Gasteiger partial charge in [0.05, 0.1) is 5.69 Å². The van der Waals surface area contributed by atoms with E-state index in [0.29, 0.717) is 6.04 Å². The Hall–Kier alpha value is -1.61. The van der Waals surface area contributed by atoms with Crippen molar-refractivity contribution in [3.05, 3.63) is 41.2 Å². The van der Waals surface area contributed by atoms with E-state index in [1.807, 2.05) is 0 Å². The van der Waals surface area contributed by atoms with E-state index in [4.69, 9.17) is 0 Å². The molecule has 0 saturated carbocycles. The van der Waals surface area contributed by atoms with Gasteiger partial charge in [0.25, 0.3) is 0 Å². The van der Waals surface area contributed by atoms with E-state index in [0.717, 1.165) is 25.1 Å². The fraction of sp³-hybridized carbons (Fsp3) is 0.471. The first-order valence-electron chi connectivity index (χ1n) is 7.58. The summed E-state index contributed by atoms with van der Waals surface area (Å²) >= 11 is 0. The van der Waals surface area contributed by atoms with Gasteiger partial charge in [0, 0.05) is 24.3 Å². The Kier molecular flexibility index (Phi) is 3.62. The maximum Gasteiger partial charge on any atom is 0.0672 e. The van der Waals surface area contributed by atoms with Crippen LogP contribution in [0.4, 0.5) is 0 Å². The minimum Gasteiger partial charge on any atom is -0.313 e. The predicted molar refractivity (Wildman–Crippen MR) is 82.8 cm³/mol. The van der Waals surface area contributed by atoms with Gasteiger partial charge >= 0.3 is 0 Å². The molecule has 0 amide bonds. The second-order valence-electron chi connectivity index (χ2n) is 5.64. The number of fused-ring (bicyclic) bond motifs is 1. The van der Waals surface area contributed by atoms with Gasteiger partial charge in [0.2, 0.25) is 0 Å². The lowest BCUT2D eigenvalue weighted by atomic mass is 9.97. The second-order valence-corrected chi connectivity index (χ2v) is 5.64. The molecule has 0 spiro atoms. The molecule has 1 heterocycles. The lowest BCUT2D eigenvalue weighted by Crippen LogP contribution is -2.12. The third kappa shape index (κ3) is 2.16. The van der Waals surface area contributed by atoms with Crippen LogP contribution in [0.2, 0.25) is 0 Å². The molecule has 0 bridgehead atoms. The monoisotopic (exact) mass is 269 g/mol. The Balaban J connectivity index is 2.05. The normalized spacial score (nSPS) is 17.4. The van der Waals surface area contributed by atoms with E-state index in [9.17, 15) is 0 Å². The Morgan fingerprint density at radius 2 is 2.20 bits per heavy atom. The smallest absolute Gasteiger partial charge is 0.0672 e. The van der Waals surface area contributed by atoms with Crippen LogP contribution in [0.5, 0.6) is 0 Å². The number of aryl methyl sites for hydroxylation is 2. The number of rotatable bonds is 4. The van der Waals surface area contributed by atoms with Crippen LogP contribution in [0.25, 0.3) is 11.1 Å². The summed E-state index contributed by atoms with van der Waals surface area (Å²) in [5.74, 6) is 0. The molecule has 1 aromatic carbocycles. The van der Waals surface area contributed by atoms with Crippen LogP contribution >= 0.6 is 0 Å². The molecule has 1 aliphatic carbocycles. The van der Waals surface area contributed by atoms with Crippen molar-refractivity contribution in [2.24, 2.45) is 0 Å². The topological polar surface area (TPSA) is 29.9 Å². The molecule has 1 atom stereocenters. The van der Waals surface area contributed by atoms with Crippen LogP contribution in [0, 0.1) is 6.92 Å². The van der Waals surface area contributed by atoms with Crippen molar-refractivity contribution >= 4 is 0 Å². The molecule has 0 saturated heterocycles. The van der Waals surface area contributed by atoms with E-state index in [1.54, 1.807) is 0 Å². The maximum atomic E-state index is 4.64. The molecular weight excluding hydrogens is 246 g/mol. The van der Waals surface area contributed by atoms with Crippen molar-refractivity contribution < 1.29 is 0 Å². The van der Waals surface area contributed by atoms with Crippen molar-refractivity contribution in [2.45, 2.75) is 45.7 Å². The Morgan fingerprint density at radius 1 is 1.35 bits per heavy atom. The molecule has 0 aliphatic heterocycles. The third-order valence-electron chi connectivity index (χ3n) is 4.31. The van der Waals surface area contributed by atoms with Gasteiger partial charge < -0.3 is 5.32 Å². The molecule has 0 radical (unpaired) electrons. The summed E-state index contributed by atoms with van der Waals surface area (Å²) in [6.45, 7) is 5.30. The molecule has 1 unspecified atom stereocenters. The minimum atomic E-state index is 0.510. The van der Waals surface area contributed by atoms with Gasteiger partial charge in [-0.2, -0.15) is 5.10 Å². The highest BCUT2D eigenvalue weighted by molar-refractivity contribution is 5.71. The summed E-state index contributed by atoms with van der Waals surface area (Å²) in [5, 5.41) is 8.06. The summed E-state index contributed by atoms with van der Waals surface area (Å²) in [6, 6.07) is 7.20. The number of hydrogen-bond acceptors (Lipinski definition) is 2. The zero-order valence-corrected chi connectivity index (χ0v) is 12.6. The van der Waals surface area contributed by atoms with Crippen molar-refractivity contribution in [1.29, 1.82) is 0 Å². The van der Waals surface area contributed by atoms with Gasteiger partial charge in [-0.3, -0.25) is 4.68 Å². The summed E-state index contributed by atoms with van der Waals surface area (Å²) in [5.41, 5.74) is 6.78. The predicted octanol–water partition coefficient (Wildman–Crippen LogP) is 3.48. The molecule has 1 N–H and O–H groups in total. The highest BCUT2D eigenvalue weighted by atomic mass is 15.3. The van der Waals surface area contributed by atoms with Gasteiger partial charge in [0.15, 0.2) is 0 Å². The highest BCUT2D eigenvalue weighted by Crippen LogP contribution is 2.38. The minimum absolute atomic E-state index is 0.510. The molecule has 3 heteroatoms. The Labute approximate surface area is 121 Å². The molecule has 1 aliphatic rings. The SMILES string of the molecule is CCCn1cc(-c2cccc3c2CCC3NC)c(C)n1. The molecule has 3 rings (SSSR count). The maximum absolute atomic E-state index is 4.64. The summed E-state index contributed by atoms with van der Waals surface area (Å²) in [4.78, 5) is 0. The van der Waals surface area contributed by atoms with E-state index >= 15 is 0 Å². The van der Waals surface area contributed by atoms with Crippen LogP contribution in [0.15, 0.2) is 24.4 Å². The molecule has 20 heavy (non-hydrogen) atoms. The molecule has 106 valence electrons. The number of benzene rings is 1. The molecule has 1 aromatic heterocycles. The van der Waals surface area contributed by atoms with Gasteiger partial charge in [-0.05, 0) is 49.9 Å². The van der Waals surface area contributed by atoms with Crippen molar-refractivity contribution in [1.82, 2.24) is 15.1 Å². The zero-order chi connectivity index (χ0) is 14.1. The highest BCUT2D eigenvalue weighted by Gasteiger charge is 2.24. The largest absolute Gasteiger partial charge is 0.313 e. The van der Waals surface area contributed by atoms with Crippen molar-refractivity contribution in [3.63, 3.8) is 0 Å². The molecule has 2 aromatic rings. The van der Waals surface area contributed by atoms with Crippen molar-refractivity contribution in [2.75, 3.05) is 7.05 Å². The number of aromatic nitrogens is 2. The lowest BCUT2D eigenvalue weighted by molar-refractivity contribution is 0.590. The quantitative estimate of drug-likeness (QED) is 0.921. The fourth-order valence-corrected chi connectivity index (χ4v) is 3.33. The third-order valence-corrected chi connectivity index (χ3v) is 4.31. The van der Waals surface area contributed by atoms with E-state index < -0.39 is 0 Å². The number of hydrogen-bond donors (Lipinski definition) is 1. The Bertz CT molecular complexity index is 613. The van der Waals surface area contributed by atoms with Crippen LogP contribution in [-0.2, 0) is 13.0 Å². The van der Waals surface area contributed by atoms with Gasteiger partial charge in [-0.1, -0.05) is 25.1 Å². The fourth-order valence-electron chi connectivity index (χ4n) is 3.33. The van der Waals surface area contributed by atoms with Crippen LogP contribution in [0.1, 0.15) is 42.6 Å².